The lowest BCUT2D eigenvalue weighted by atomic mass is 9.88. The maximum absolute atomic E-state index is 3.85. The number of likely N-dealkylation sites (tertiary alicyclic amines) is 1. The second kappa shape index (κ2) is 6.38. The molecule has 1 aliphatic heterocycles. The third-order valence-electron chi connectivity index (χ3n) is 4.89. The highest BCUT2D eigenvalue weighted by Gasteiger charge is 2.43. The van der Waals surface area contributed by atoms with Crippen LogP contribution in [0.15, 0.2) is 0 Å². The summed E-state index contributed by atoms with van der Waals surface area (Å²) in [5, 5.41) is 3.85. The first kappa shape index (κ1) is 14.3. The van der Waals surface area contributed by atoms with E-state index in [1.807, 2.05) is 0 Å². The lowest BCUT2D eigenvalue weighted by Crippen LogP contribution is -2.59. The van der Waals surface area contributed by atoms with E-state index in [1.54, 1.807) is 0 Å². The Labute approximate surface area is 114 Å². The lowest BCUT2D eigenvalue weighted by Gasteiger charge is -2.44. The molecule has 1 N–H and O–H groups in total. The molecular weight excluding hydrogens is 220 g/mol. The Bertz CT molecular complexity index is 237. The van der Waals surface area contributed by atoms with Crippen molar-refractivity contribution in [1.29, 1.82) is 0 Å². The van der Waals surface area contributed by atoms with Crippen molar-refractivity contribution < 1.29 is 0 Å². The van der Waals surface area contributed by atoms with Crippen LogP contribution in [-0.2, 0) is 0 Å². The molecule has 1 heterocycles. The monoisotopic (exact) mass is 252 g/mol. The molecular formula is C16H32N2. The molecule has 1 saturated carbocycles. The Morgan fingerprint density at radius 2 is 1.72 bits per heavy atom. The minimum Gasteiger partial charge on any atom is -0.312 e. The Kier molecular flexibility index (Phi) is 5.08. The van der Waals surface area contributed by atoms with Crippen LogP contribution in [0.5, 0.6) is 0 Å². The molecule has 0 spiro atoms. The zero-order chi connectivity index (χ0) is 13.0. The summed E-state index contributed by atoms with van der Waals surface area (Å²) in [6, 6.07) is 0.704. The van der Waals surface area contributed by atoms with Crippen molar-refractivity contribution in [3.8, 4) is 0 Å². The maximum Gasteiger partial charge on any atom is 0.0308 e. The van der Waals surface area contributed by atoms with E-state index in [0.717, 1.165) is 5.92 Å². The minimum absolute atomic E-state index is 0.334. The zero-order valence-electron chi connectivity index (χ0n) is 12.7. The van der Waals surface area contributed by atoms with Crippen molar-refractivity contribution in [2.75, 3.05) is 19.6 Å². The van der Waals surface area contributed by atoms with Gasteiger partial charge in [-0.3, -0.25) is 4.90 Å². The van der Waals surface area contributed by atoms with Crippen LogP contribution in [0.4, 0.5) is 0 Å². The summed E-state index contributed by atoms with van der Waals surface area (Å²) in [6.45, 7) is 11.0. The fraction of sp³-hybridized carbons (Fsp3) is 1.00. The fourth-order valence-electron chi connectivity index (χ4n) is 3.57. The van der Waals surface area contributed by atoms with Crippen molar-refractivity contribution in [1.82, 2.24) is 10.2 Å². The van der Waals surface area contributed by atoms with E-state index < -0.39 is 0 Å². The van der Waals surface area contributed by atoms with Crippen LogP contribution >= 0.6 is 0 Å². The van der Waals surface area contributed by atoms with Gasteiger partial charge in [0.15, 0.2) is 0 Å². The number of nitrogens with one attached hydrogen (secondary N) is 1. The molecule has 106 valence electrons. The van der Waals surface area contributed by atoms with E-state index >= 15 is 0 Å². The summed E-state index contributed by atoms with van der Waals surface area (Å²) in [7, 11) is 0. The van der Waals surface area contributed by atoms with Crippen LogP contribution in [0, 0.1) is 5.92 Å². The highest BCUT2D eigenvalue weighted by Crippen LogP contribution is 2.39. The van der Waals surface area contributed by atoms with Crippen LogP contribution < -0.4 is 5.32 Å². The van der Waals surface area contributed by atoms with Gasteiger partial charge in [0.1, 0.15) is 0 Å². The molecule has 1 saturated heterocycles. The van der Waals surface area contributed by atoms with Crippen LogP contribution in [0.3, 0.4) is 0 Å². The largest absolute Gasteiger partial charge is 0.312 e. The summed E-state index contributed by atoms with van der Waals surface area (Å²) in [4.78, 5) is 2.77. The summed E-state index contributed by atoms with van der Waals surface area (Å²) in [5.41, 5.74) is 0.334. The van der Waals surface area contributed by atoms with E-state index in [4.69, 9.17) is 0 Å². The quantitative estimate of drug-likeness (QED) is 0.779. The second-order valence-electron chi connectivity index (χ2n) is 6.82. The van der Waals surface area contributed by atoms with Crippen LogP contribution in [0.25, 0.3) is 0 Å². The summed E-state index contributed by atoms with van der Waals surface area (Å²) in [5.74, 6) is 0.940. The zero-order valence-corrected chi connectivity index (χ0v) is 12.7. The Morgan fingerprint density at radius 1 is 1.11 bits per heavy atom. The van der Waals surface area contributed by atoms with Gasteiger partial charge in [0.05, 0.1) is 0 Å². The van der Waals surface area contributed by atoms with Gasteiger partial charge in [0.25, 0.3) is 0 Å². The Morgan fingerprint density at radius 3 is 2.22 bits per heavy atom. The molecule has 2 aliphatic rings. The fourth-order valence-corrected chi connectivity index (χ4v) is 3.57. The molecule has 0 radical (unpaired) electrons. The average molecular weight is 252 g/mol. The van der Waals surface area contributed by atoms with Gasteiger partial charge in [-0.1, -0.05) is 19.8 Å². The van der Waals surface area contributed by atoms with Crippen molar-refractivity contribution in [3.63, 3.8) is 0 Å². The van der Waals surface area contributed by atoms with Gasteiger partial charge >= 0.3 is 0 Å². The van der Waals surface area contributed by atoms with E-state index in [0.29, 0.717) is 11.6 Å². The molecule has 1 unspecified atom stereocenters. The smallest absolute Gasteiger partial charge is 0.0308 e. The Hall–Kier alpha value is -0.0800. The highest BCUT2D eigenvalue weighted by atomic mass is 15.2. The molecule has 18 heavy (non-hydrogen) atoms. The SMILES string of the molecule is CCCNC(C1CC1)C(C)(C)N1CCCCCC1. The molecule has 2 rings (SSSR count). The molecule has 0 aromatic rings. The molecule has 2 nitrogen and oxygen atoms in total. The number of rotatable bonds is 6. The van der Waals surface area contributed by atoms with Crippen LogP contribution in [-0.4, -0.2) is 36.1 Å². The predicted octanol–water partition coefficient (Wildman–Crippen LogP) is 3.42. The minimum atomic E-state index is 0.334. The molecule has 0 aromatic heterocycles. The predicted molar refractivity (Wildman–Crippen MR) is 78.9 cm³/mol. The van der Waals surface area contributed by atoms with Crippen molar-refractivity contribution in [2.45, 2.75) is 77.3 Å². The molecule has 1 atom stereocenters. The van der Waals surface area contributed by atoms with Gasteiger partial charge in [0, 0.05) is 11.6 Å². The number of nitrogens with zero attached hydrogens (tertiary/aromatic N) is 1. The third-order valence-corrected chi connectivity index (χ3v) is 4.89. The summed E-state index contributed by atoms with van der Waals surface area (Å²) >= 11 is 0. The highest BCUT2D eigenvalue weighted by molar-refractivity contribution is 5.01. The lowest BCUT2D eigenvalue weighted by molar-refractivity contribution is 0.0749. The van der Waals surface area contributed by atoms with E-state index in [9.17, 15) is 0 Å². The van der Waals surface area contributed by atoms with Crippen molar-refractivity contribution in [3.05, 3.63) is 0 Å². The van der Waals surface area contributed by atoms with E-state index in [-0.39, 0.29) is 0 Å². The third kappa shape index (κ3) is 3.48. The van der Waals surface area contributed by atoms with Crippen molar-refractivity contribution >= 4 is 0 Å². The molecule has 1 aliphatic carbocycles. The van der Waals surface area contributed by atoms with Gasteiger partial charge < -0.3 is 5.32 Å². The maximum atomic E-state index is 3.85. The Balaban J connectivity index is 1.99. The van der Waals surface area contributed by atoms with E-state index in [2.05, 4.69) is 31.0 Å². The molecule has 0 aromatic carbocycles. The molecule has 0 bridgehead atoms. The van der Waals surface area contributed by atoms with Gasteiger partial charge in [0.2, 0.25) is 0 Å². The summed E-state index contributed by atoms with van der Waals surface area (Å²) < 4.78 is 0. The normalized spacial score (nSPS) is 24.8. The van der Waals surface area contributed by atoms with Crippen LogP contribution in [0.2, 0.25) is 0 Å². The van der Waals surface area contributed by atoms with Gasteiger partial charge in [-0.2, -0.15) is 0 Å². The van der Waals surface area contributed by atoms with E-state index in [1.165, 1.54) is 64.6 Å². The van der Waals surface area contributed by atoms with Crippen LogP contribution in [0.1, 0.15) is 65.7 Å². The number of hydrogen-bond donors (Lipinski definition) is 1. The topological polar surface area (TPSA) is 15.3 Å². The molecule has 0 amide bonds. The second-order valence-corrected chi connectivity index (χ2v) is 6.82. The van der Waals surface area contributed by atoms with Crippen molar-refractivity contribution in [2.24, 2.45) is 5.92 Å². The standard InChI is InChI=1S/C16H32N2/c1-4-11-17-15(14-9-10-14)16(2,3)18-12-7-5-6-8-13-18/h14-15,17H,4-13H2,1-3H3. The average Bonchev–Trinajstić information content (AvgIpc) is 3.16. The number of hydrogen-bond acceptors (Lipinski definition) is 2. The molecule has 2 fully saturated rings. The first-order valence-corrected chi connectivity index (χ1v) is 8.14. The van der Waals surface area contributed by atoms with Gasteiger partial charge in [-0.25, -0.2) is 0 Å². The summed E-state index contributed by atoms with van der Waals surface area (Å²) in [6.07, 6.45) is 9.80. The van der Waals surface area contributed by atoms with Gasteiger partial charge in [-0.05, 0) is 71.5 Å². The van der Waals surface area contributed by atoms with Gasteiger partial charge in [-0.15, -0.1) is 0 Å². The first-order valence-electron chi connectivity index (χ1n) is 8.14. The first-order chi connectivity index (χ1) is 8.66. The molecule has 2 heteroatoms.